The van der Waals surface area contributed by atoms with Gasteiger partial charge < -0.3 is 20.0 Å². The highest BCUT2D eigenvalue weighted by molar-refractivity contribution is 5.27. The van der Waals surface area contributed by atoms with Gasteiger partial charge in [-0.1, -0.05) is 19.1 Å². The second-order valence-electron chi connectivity index (χ2n) is 4.99. The molecule has 0 aliphatic carbocycles. The molecule has 0 amide bonds. The minimum Gasteiger partial charge on any atom is -0.491 e. The lowest BCUT2D eigenvalue weighted by atomic mass is 10.2. The summed E-state index contributed by atoms with van der Waals surface area (Å²) in [7, 11) is 0. The van der Waals surface area contributed by atoms with Crippen molar-refractivity contribution in [3.63, 3.8) is 0 Å². The van der Waals surface area contributed by atoms with E-state index in [1.54, 1.807) is 6.92 Å². The maximum atomic E-state index is 10.9. The molecule has 0 aliphatic heterocycles. The Morgan fingerprint density at radius 2 is 2.09 bits per heavy atom. The Labute approximate surface area is 128 Å². The van der Waals surface area contributed by atoms with E-state index >= 15 is 0 Å². The molecule has 0 aliphatic rings. The molecule has 0 radical (unpaired) electrons. The molecule has 7 heteroatoms. The maximum Gasteiger partial charge on any atom is 0.342 e. The summed E-state index contributed by atoms with van der Waals surface area (Å²) in [5, 5.41) is 20.9. The van der Waals surface area contributed by atoms with Gasteiger partial charge in [0.05, 0.1) is 0 Å². The first-order chi connectivity index (χ1) is 10.5. The lowest BCUT2D eigenvalue weighted by Crippen LogP contribution is -2.24. The molecule has 2 aromatic rings. The zero-order chi connectivity index (χ0) is 16.1. The molecule has 22 heavy (non-hydrogen) atoms. The number of aliphatic hydroxyl groups is 1. The van der Waals surface area contributed by atoms with E-state index in [1.165, 1.54) is 16.3 Å². The third-order valence-electron chi connectivity index (χ3n) is 3.39. The zero-order valence-corrected chi connectivity index (χ0v) is 12.6. The summed E-state index contributed by atoms with van der Waals surface area (Å²) in [4.78, 5) is 14.3. The Hall–Kier alpha value is -2.41. The first-order valence-corrected chi connectivity index (χ1v) is 7.07. The lowest BCUT2D eigenvalue weighted by molar-refractivity contribution is -0.392. The summed E-state index contributed by atoms with van der Waals surface area (Å²) in [6.45, 7) is 3.85. The topological polar surface area (TPSA) is 90.4 Å². The van der Waals surface area contributed by atoms with Gasteiger partial charge in [-0.3, -0.25) is 0 Å². The Kier molecular flexibility index (Phi) is 5.11. The van der Waals surface area contributed by atoms with Crippen LogP contribution in [0.15, 0.2) is 30.5 Å². The first kappa shape index (κ1) is 16.0. The Morgan fingerprint density at radius 3 is 2.68 bits per heavy atom. The molecule has 0 saturated carbocycles. The molecular formula is C15H19N3O4. The van der Waals surface area contributed by atoms with Gasteiger partial charge in [-0.2, -0.15) is 0 Å². The normalized spacial score (nSPS) is 12.1. The molecule has 1 aromatic heterocycles. The van der Waals surface area contributed by atoms with Crippen LogP contribution >= 0.6 is 0 Å². The number of aliphatic hydroxyl groups excluding tert-OH is 1. The largest absolute Gasteiger partial charge is 0.491 e. The highest BCUT2D eigenvalue weighted by Crippen LogP contribution is 2.16. The number of nitrogens with zero attached hydrogens (tertiary/aromatic N) is 3. The lowest BCUT2D eigenvalue weighted by Gasteiger charge is -2.12. The van der Waals surface area contributed by atoms with Gasteiger partial charge in [-0.05, 0) is 29.0 Å². The molecule has 0 saturated heterocycles. The van der Waals surface area contributed by atoms with Gasteiger partial charge in [0.25, 0.3) is 0 Å². The van der Waals surface area contributed by atoms with Crippen molar-refractivity contribution in [2.75, 3.05) is 6.61 Å². The smallest absolute Gasteiger partial charge is 0.342 e. The van der Waals surface area contributed by atoms with Gasteiger partial charge in [0.1, 0.15) is 31.2 Å². The summed E-state index contributed by atoms with van der Waals surface area (Å²) in [5.41, 5.74) is 1.21. The minimum atomic E-state index is -0.863. The number of aromatic nitrogens is 2. The second-order valence-corrected chi connectivity index (χ2v) is 4.99. The molecule has 118 valence electrons. The summed E-state index contributed by atoms with van der Waals surface area (Å²) in [6.07, 6.45) is 1.27. The molecule has 0 spiro atoms. The quantitative estimate of drug-likeness (QED) is 0.625. The van der Waals surface area contributed by atoms with Crippen molar-refractivity contribution in [1.82, 2.24) is 9.55 Å². The van der Waals surface area contributed by atoms with E-state index in [2.05, 4.69) is 11.9 Å². The van der Waals surface area contributed by atoms with Crippen molar-refractivity contribution in [2.45, 2.75) is 32.9 Å². The van der Waals surface area contributed by atoms with Gasteiger partial charge in [-0.25, -0.2) is 9.55 Å². The van der Waals surface area contributed by atoms with E-state index in [0.717, 1.165) is 6.42 Å². The molecule has 0 bridgehead atoms. The van der Waals surface area contributed by atoms with Crippen LogP contribution in [0, 0.1) is 17.0 Å². The Balaban J connectivity index is 1.94. The van der Waals surface area contributed by atoms with Crippen LogP contribution in [0.3, 0.4) is 0 Å². The number of nitro groups is 1. The fourth-order valence-electron chi connectivity index (χ4n) is 2.10. The number of hydrogen-bond donors (Lipinski definition) is 1. The molecule has 1 N–H and O–H groups in total. The number of imidazole rings is 1. The maximum absolute atomic E-state index is 10.9. The van der Waals surface area contributed by atoms with E-state index in [-0.39, 0.29) is 19.0 Å². The van der Waals surface area contributed by atoms with Crippen LogP contribution in [0.1, 0.15) is 18.3 Å². The highest BCUT2D eigenvalue weighted by Gasteiger charge is 2.20. The molecule has 0 fully saturated rings. The van der Waals surface area contributed by atoms with E-state index < -0.39 is 11.0 Å². The van der Waals surface area contributed by atoms with Crippen LogP contribution in [-0.4, -0.2) is 32.3 Å². The third kappa shape index (κ3) is 3.82. The van der Waals surface area contributed by atoms with Crippen LogP contribution in [0.2, 0.25) is 0 Å². The van der Waals surface area contributed by atoms with E-state index in [9.17, 15) is 15.2 Å². The number of ether oxygens (including phenoxy) is 1. The van der Waals surface area contributed by atoms with Crippen molar-refractivity contribution in [3.05, 3.63) is 52.0 Å². The Morgan fingerprint density at radius 1 is 1.41 bits per heavy atom. The number of hydrogen-bond acceptors (Lipinski definition) is 5. The van der Waals surface area contributed by atoms with Crippen LogP contribution in [0.4, 0.5) is 5.82 Å². The molecule has 1 heterocycles. The summed E-state index contributed by atoms with van der Waals surface area (Å²) < 4.78 is 6.87. The highest BCUT2D eigenvalue weighted by atomic mass is 16.6. The first-order valence-electron chi connectivity index (χ1n) is 7.07. The van der Waals surface area contributed by atoms with Gasteiger partial charge in [-0.15, -0.1) is 0 Å². The van der Waals surface area contributed by atoms with Crippen LogP contribution in [0.5, 0.6) is 5.75 Å². The van der Waals surface area contributed by atoms with E-state index in [1.807, 2.05) is 24.3 Å². The predicted octanol–water partition coefficient (Wildman–Crippen LogP) is 2.10. The van der Waals surface area contributed by atoms with Gasteiger partial charge in [0, 0.05) is 6.92 Å². The van der Waals surface area contributed by atoms with Crippen LogP contribution < -0.4 is 4.74 Å². The molecule has 1 aromatic carbocycles. The number of rotatable bonds is 7. The molecule has 1 atom stereocenters. The predicted molar refractivity (Wildman–Crippen MR) is 80.9 cm³/mol. The average Bonchev–Trinajstić information content (AvgIpc) is 2.87. The van der Waals surface area contributed by atoms with Gasteiger partial charge in [0.15, 0.2) is 5.82 Å². The van der Waals surface area contributed by atoms with E-state index in [4.69, 9.17) is 4.74 Å². The third-order valence-corrected chi connectivity index (χ3v) is 3.39. The van der Waals surface area contributed by atoms with Crippen molar-refractivity contribution >= 4 is 5.82 Å². The van der Waals surface area contributed by atoms with Crippen molar-refractivity contribution in [1.29, 1.82) is 0 Å². The van der Waals surface area contributed by atoms with E-state index in [0.29, 0.717) is 11.6 Å². The summed E-state index contributed by atoms with van der Waals surface area (Å²) in [6, 6.07) is 7.62. The second kappa shape index (κ2) is 7.04. The summed E-state index contributed by atoms with van der Waals surface area (Å²) in [5.74, 6) is 1.01. The fourth-order valence-corrected chi connectivity index (χ4v) is 2.10. The van der Waals surface area contributed by atoms with Gasteiger partial charge in [0.2, 0.25) is 0 Å². The number of aryl methyl sites for hydroxylation is 2. The molecule has 7 nitrogen and oxygen atoms in total. The monoisotopic (exact) mass is 305 g/mol. The Bertz CT molecular complexity index is 637. The van der Waals surface area contributed by atoms with Crippen molar-refractivity contribution in [2.24, 2.45) is 0 Å². The summed E-state index contributed by atoms with van der Waals surface area (Å²) >= 11 is 0. The SMILES string of the molecule is CCc1ccc(OCC(O)Cn2c([N+](=O)[O-])cnc2C)cc1. The standard InChI is InChI=1S/C15H19N3O4/c1-3-12-4-6-14(7-5-12)22-10-13(19)9-17-11(2)16-8-15(17)18(20)21/h4-8,13,19H,3,9-10H2,1-2H3. The van der Waals surface area contributed by atoms with Crippen molar-refractivity contribution < 1.29 is 14.8 Å². The van der Waals surface area contributed by atoms with Gasteiger partial charge >= 0.3 is 5.82 Å². The molecular weight excluding hydrogens is 286 g/mol. The van der Waals surface area contributed by atoms with Crippen molar-refractivity contribution in [3.8, 4) is 5.75 Å². The zero-order valence-electron chi connectivity index (χ0n) is 12.6. The van der Waals surface area contributed by atoms with Crippen LogP contribution in [-0.2, 0) is 13.0 Å². The average molecular weight is 305 g/mol. The minimum absolute atomic E-state index is 0.0558. The van der Waals surface area contributed by atoms with Crippen LogP contribution in [0.25, 0.3) is 0 Å². The molecule has 1 unspecified atom stereocenters. The number of benzene rings is 1. The molecule has 2 rings (SSSR count). The fraction of sp³-hybridized carbons (Fsp3) is 0.400.